The zero-order chi connectivity index (χ0) is 14.9. The molecule has 0 bridgehead atoms. The van der Waals surface area contributed by atoms with Crippen molar-refractivity contribution in [3.63, 3.8) is 0 Å². The van der Waals surface area contributed by atoms with Crippen molar-refractivity contribution in [2.24, 2.45) is 0 Å². The monoisotopic (exact) mass is 511 g/mol. The largest absolute Gasteiger partial charge is 0.506 e. The number of hydrogen-bond acceptors (Lipinski definition) is 4. The van der Waals surface area contributed by atoms with Gasteiger partial charge < -0.3 is 5.11 Å². The predicted octanol–water partition coefficient (Wildman–Crippen LogP) is 3.27. The first-order chi connectivity index (χ1) is 9.43. The van der Waals surface area contributed by atoms with Gasteiger partial charge >= 0.3 is 0 Å². The number of nitrogens with zero attached hydrogens (tertiary/aromatic N) is 1. The molecule has 0 radical (unpaired) electrons. The highest BCUT2D eigenvalue weighted by molar-refractivity contribution is 14.1. The maximum Gasteiger partial charge on any atom is 0.294 e. The second-order valence-electron chi connectivity index (χ2n) is 3.81. The molecule has 0 atom stereocenters. The van der Waals surface area contributed by atoms with E-state index < -0.39 is 0 Å². The molecule has 4 nitrogen and oxygen atoms in total. The highest BCUT2D eigenvalue weighted by atomic mass is 127. The number of phenolic OH excluding ortho intramolecular Hbond substituents is 1. The van der Waals surface area contributed by atoms with E-state index in [0.29, 0.717) is 12.0 Å². The van der Waals surface area contributed by atoms with E-state index in [1.807, 2.05) is 45.2 Å². The number of rotatable bonds is 2. The first kappa shape index (κ1) is 15.7. The van der Waals surface area contributed by atoms with Crippen LogP contribution in [0.5, 0.6) is 5.75 Å². The minimum absolute atomic E-state index is 0.0212. The van der Waals surface area contributed by atoms with Crippen LogP contribution >= 0.6 is 56.9 Å². The van der Waals surface area contributed by atoms with Gasteiger partial charge in [-0.05, 0) is 80.7 Å². The van der Waals surface area contributed by atoms with Crippen molar-refractivity contribution >= 4 is 74.2 Å². The van der Waals surface area contributed by atoms with Gasteiger partial charge in [-0.3, -0.25) is 14.5 Å². The van der Waals surface area contributed by atoms with Crippen LogP contribution in [0, 0.1) is 19.5 Å². The molecule has 1 aromatic carbocycles. The lowest BCUT2D eigenvalue weighted by atomic mass is 10.2. The molecule has 0 saturated carbocycles. The van der Waals surface area contributed by atoms with Gasteiger partial charge in [-0.1, -0.05) is 5.92 Å². The van der Waals surface area contributed by atoms with Gasteiger partial charge in [0.1, 0.15) is 5.75 Å². The minimum atomic E-state index is -0.379. The van der Waals surface area contributed by atoms with E-state index in [0.717, 1.165) is 22.2 Å². The first-order valence-corrected chi connectivity index (χ1v) is 8.28. The molecule has 0 aromatic heterocycles. The molecule has 102 valence electrons. The lowest BCUT2D eigenvalue weighted by Crippen LogP contribution is -2.28. The third-order valence-electron chi connectivity index (χ3n) is 2.46. The van der Waals surface area contributed by atoms with Gasteiger partial charge in [0.15, 0.2) is 0 Å². The number of amides is 2. The van der Waals surface area contributed by atoms with E-state index in [1.165, 1.54) is 0 Å². The maximum atomic E-state index is 12.0. The Morgan fingerprint density at radius 3 is 2.50 bits per heavy atom. The van der Waals surface area contributed by atoms with Crippen LogP contribution in [0.3, 0.4) is 0 Å². The van der Waals surface area contributed by atoms with Crippen LogP contribution < -0.4 is 0 Å². The summed E-state index contributed by atoms with van der Waals surface area (Å²) >= 11 is 4.89. The summed E-state index contributed by atoms with van der Waals surface area (Å²) in [6, 6.07) is 3.49. The summed E-state index contributed by atoms with van der Waals surface area (Å²) in [5.41, 5.74) is 0.753. The van der Waals surface area contributed by atoms with Gasteiger partial charge in [0.05, 0.1) is 18.6 Å². The standard InChI is InChI=1S/C13H7I2NO3S/c1-2-3-16-12(18)10(20-13(16)19)6-7-4-8(14)11(17)9(15)5-7/h1,4-6,17H,3H2/b10-6+. The average Bonchev–Trinajstić information content (AvgIpc) is 2.64. The van der Waals surface area contributed by atoms with Crippen LogP contribution in [0.2, 0.25) is 0 Å². The Labute approximate surface area is 147 Å². The van der Waals surface area contributed by atoms with Crippen LogP contribution in [-0.2, 0) is 4.79 Å². The van der Waals surface area contributed by atoms with Gasteiger partial charge in [0.2, 0.25) is 0 Å². The molecule has 2 amide bonds. The lowest BCUT2D eigenvalue weighted by molar-refractivity contribution is -0.122. The summed E-state index contributed by atoms with van der Waals surface area (Å²) in [4.78, 5) is 25.0. The quantitative estimate of drug-likeness (QED) is 0.377. The van der Waals surface area contributed by atoms with Gasteiger partial charge in [-0.15, -0.1) is 6.42 Å². The number of benzene rings is 1. The van der Waals surface area contributed by atoms with E-state index in [1.54, 1.807) is 18.2 Å². The van der Waals surface area contributed by atoms with Gasteiger partial charge in [-0.25, -0.2) is 0 Å². The molecule has 1 fully saturated rings. The number of carbonyl (C=O) groups excluding carboxylic acids is 2. The molecule has 0 aliphatic carbocycles. The molecule has 7 heteroatoms. The highest BCUT2D eigenvalue weighted by Crippen LogP contribution is 2.34. The summed E-state index contributed by atoms with van der Waals surface area (Å²) in [5, 5.41) is 9.35. The fourth-order valence-electron chi connectivity index (χ4n) is 1.55. The van der Waals surface area contributed by atoms with Crippen molar-refractivity contribution in [1.29, 1.82) is 0 Å². The number of halogens is 2. The van der Waals surface area contributed by atoms with Gasteiger partial charge in [-0.2, -0.15) is 0 Å². The Morgan fingerprint density at radius 2 is 1.95 bits per heavy atom. The van der Waals surface area contributed by atoms with Crippen LogP contribution in [-0.4, -0.2) is 27.7 Å². The fourth-order valence-corrected chi connectivity index (χ4v) is 4.20. The zero-order valence-corrected chi connectivity index (χ0v) is 15.0. The van der Waals surface area contributed by atoms with E-state index in [2.05, 4.69) is 5.92 Å². The summed E-state index contributed by atoms with van der Waals surface area (Å²) in [6.45, 7) is -0.0212. The van der Waals surface area contributed by atoms with Crippen molar-refractivity contribution in [3.05, 3.63) is 29.7 Å². The van der Waals surface area contributed by atoms with Crippen molar-refractivity contribution in [3.8, 4) is 18.1 Å². The second-order valence-corrected chi connectivity index (χ2v) is 7.12. The van der Waals surface area contributed by atoms with Crippen molar-refractivity contribution in [2.75, 3.05) is 6.54 Å². The lowest BCUT2D eigenvalue weighted by Gasteiger charge is -2.06. The smallest absolute Gasteiger partial charge is 0.294 e. The molecular weight excluding hydrogens is 504 g/mol. The number of hydrogen-bond donors (Lipinski definition) is 1. The highest BCUT2D eigenvalue weighted by Gasteiger charge is 2.34. The second kappa shape index (κ2) is 6.36. The Hall–Kier alpha value is -0.730. The van der Waals surface area contributed by atoms with E-state index in [-0.39, 0.29) is 23.4 Å². The third kappa shape index (κ3) is 3.12. The topological polar surface area (TPSA) is 57.6 Å². The molecule has 1 aromatic rings. The van der Waals surface area contributed by atoms with Crippen molar-refractivity contribution in [2.45, 2.75) is 0 Å². The minimum Gasteiger partial charge on any atom is -0.506 e. The molecular formula is C13H7I2NO3S. The molecule has 0 unspecified atom stereocenters. The first-order valence-electron chi connectivity index (χ1n) is 5.31. The summed E-state index contributed by atoms with van der Waals surface area (Å²) in [6.07, 6.45) is 6.76. The summed E-state index contributed by atoms with van der Waals surface area (Å²) in [7, 11) is 0. The van der Waals surface area contributed by atoms with Crippen LogP contribution in [0.25, 0.3) is 6.08 Å². The Bertz CT molecular complexity index is 656. The molecule has 1 N–H and O–H groups in total. The molecule has 1 aliphatic rings. The number of carbonyl (C=O) groups is 2. The number of imide groups is 1. The van der Waals surface area contributed by atoms with Gasteiger partial charge in [0.25, 0.3) is 11.1 Å². The van der Waals surface area contributed by atoms with Crippen LogP contribution in [0.1, 0.15) is 5.56 Å². The molecule has 0 spiro atoms. The van der Waals surface area contributed by atoms with E-state index in [9.17, 15) is 14.7 Å². The Morgan fingerprint density at radius 1 is 1.35 bits per heavy atom. The molecule has 1 saturated heterocycles. The number of terminal acetylenes is 1. The summed E-state index contributed by atoms with van der Waals surface area (Å²) < 4.78 is 1.37. The van der Waals surface area contributed by atoms with Crippen LogP contribution in [0.15, 0.2) is 17.0 Å². The van der Waals surface area contributed by atoms with Crippen molar-refractivity contribution in [1.82, 2.24) is 4.90 Å². The van der Waals surface area contributed by atoms with Crippen molar-refractivity contribution < 1.29 is 14.7 Å². The zero-order valence-electron chi connectivity index (χ0n) is 9.89. The Kier molecular flexibility index (Phi) is 4.98. The Balaban J connectivity index is 2.36. The third-order valence-corrected chi connectivity index (χ3v) is 5.01. The number of phenols is 1. The molecule has 20 heavy (non-hydrogen) atoms. The molecule has 1 heterocycles. The van der Waals surface area contributed by atoms with E-state index >= 15 is 0 Å². The van der Waals surface area contributed by atoms with Gasteiger partial charge in [0, 0.05) is 0 Å². The average molecular weight is 511 g/mol. The SMILES string of the molecule is C#CCN1C(=O)S/C(=C/c2cc(I)c(O)c(I)c2)C1=O. The number of aromatic hydroxyl groups is 1. The van der Waals surface area contributed by atoms with Crippen LogP contribution in [0.4, 0.5) is 4.79 Å². The van der Waals surface area contributed by atoms with E-state index in [4.69, 9.17) is 6.42 Å². The predicted molar refractivity (Wildman–Crippen MR) is 95.1 cm³/mol. The fraction of sp³-hybridized carbons (Fsp3) is 0.0769. The normalized spacial score (nSPS) is 16.9. The molecule has 2 rings (SSSR count). The summed E-state index contributed by atoms with van der Waals surface area (Å²) in [5.74, 6) is 2.12. The number of thioether (sulfide) groups is 1. The maximum absolute atomic E-state index is 12.0. The molecule has 1 aliphatic heterocycles.